The fourth-order valence-corrected chi connectivity index (χ4v) is 4.36. The van der Waals surface area contributed by atoms with Crippen LogP contribution in [0.25, 0.3) is 0 Å². The Bertz CT molecular complexity index is 624. The number of carbonyl (C=O) groups excluding carboxylic acids is 1. The van der Waals surface area contributed by atoms with E-state index in [9.17, 15) is 4.79 Å². The number of hydrogen-bond acceptors (Lipinski definition) is 5. The van der Waals surface area contributed by atoms with E-state index in [1.165, 1.54) is 12.8 Å². The zero-order chi connectivity index (χ0) is 16.8. The van der Waals surface area contributed by atoms with Gasteiger partial charge in [-0.15, -0.1) is 10.2 Å². The van der Waals surface area contributed by atoms with Gasteiger partial charge in [0.15, 0.2) is 0 Å². The molecular weight excluding hydrogens is 304 g/mol. The smallest absolute Gasteiger partial charge is 0.230 e. The van der Waals surface area contributed by atoms with Crippen LogP contribution in [0.15, 0.2) is 4.42 Å². The van der Waals surface area contributed by atoms with E-state index >= 15 is 0 Å². The molecule has 0 aromatic carbocycles. The van der Waals surface area contributed by atoms with Gasteiger partial charge in [-0.1, -0.05) is 13.8 Å². The molecular formula is C18H28N4O2. The van der Waals surface area contributed by atoms with Crippen molar-refractivity contribution >= 4 is 5.91 Å². The topological polar surface area (TPSA) is 62.5 Å². The molecule has 3 fully saturated rings. The van der Waals surface area contributed by atoms with Crippen molar-refractivity contribution in [3.8, 4) is 0 Å². The first kappa shape index (κ1) is 16.1. The summed E-state index contributed by atoms with van der Waals surface area (Å²) in [5.41, 5.74) is 0.229. The van der Waals surface area contributed by atoms with Crippen molar-refractivity contribution < 1.29 is 9.21 Å². The zero-order valence-electron chi connectivity index (χ0n) is 14.9. The number of piperidine rings is 1. The lowest BCUT2D eigenvalue weighted by molar-refractivity contribution is -0.135. The number of aromatic nitrogens is 2. The van der Waals surface area contributed by atoms with Gasteiger partial charge in [0.2, 0.25) is 17.7 Å². The quantitative estimate of drug-likeness (QED) is 0.846. The second-order valence-electron chi connectivity index (χ2n) is 8.29. The third-order valence-electron chi connectivity index (χ3n) is 6.15. The fraction of sp³-hybridized carbons (Fsp3) is 0.833. The van der Waals surface area contributed by atoms with E-state index in [4.69, 9.17) is 4.42 Å². The lowest BCUT2D eigenvalue weighted by Gasteiger charge is -2.40. The van der Waals surface area contributed by atoms with Crippen LogP contribution in [-0.2, 0) is 17.8 Å². The first-order valence-electron chi connectivity index (χ1n) is 9.35. The van der Waals surface area contributed by atoms with E-state index in [1.54, 1.807) is 0 Å². The molecule has 1 spiro atoms. The molecule has 1 saturated carbocycles. The average Bonchev–Trinajstić information content (AvgIpc) is 2.99. The van der Waals surface area contributed by atoms with Crippen LogP contribution in [0.4, 0.5) is 0 Å². The predicted molar refractivity (Wildman–Crippen MR) is 89.2 cm³/mol. The Morgan fingerprint density at radius 2 is 1.92 bits per heavy atom. The van der Waals surface area contributed by atoms with Crippen molar-refractivity contribution in [1.29, 1.82) is 0 Å². The third kappa shape index (κ3) is 2.96. The standard InChI is InChI=1S/C18H28N4O2/c1-3-14-19-20-15(24-14)11-21-9-4-5-18(12-21)8-10-22(13-18)16(23)17(2)6-7-17/h3-13H2,1-2H3. The molecule has 1 amide bonds. The Morgan fingerprint density at radius 1 is 1.12 bits per heavy atom. The fourth-order valence-electron chi connectivity index (χ4n) is 4.36. The zero-order valence-corrected chi connectivity index (χ0v) is 14.9. The van der Waals surface area contributed by atoms with Gasteiger partial charge in [-0.05, 0) is 38.6 Å². The summed E-state index contributed by atoms with van der Waals surface area (Å²) in [4.78, 5) is 17.2. The number of nitrogens with zero attached hydrogens (tertiary/aromatic N) is 4. The number of carbonyl (C=O) groups is 1. The van der Waals surface area contributed by atoms with E-state index in [1.807, 2.05) is 6.92 Å². The molecule has 0 bridgehead atoms. The predicted octanol–water partition coefficient (Wildman–Crippen LogP) is 2.25. The van der Waals surface area contributed by atoms with Crippen molar-refractivity contribution in [3.63, 3.8) is 0 Å². The van der Waals surface area contributed by atoms with Gasteiger partial charge in [0.05, 0.1) is 6.54 Å². The summed E-state index contributed by atoms with van der Waals surface area (Å²) < 4.78 is 5.67. The van der Waals surface area contributed by atoms with Crippen LogP contribution in [0.3, 0.4) is 0 Å². The van der Waals surface area contributed by atoms with E-state index in [0.29, 0.717) is 11.8 Å². The number of amides is 1. The molecule has 6 nitrogen and oxygen atoms in total. The van der Waals surface area contributed by atoms with E-state index in [0.717, 1.165) is 64.3 Å². The van der Waals surface area contributed by atoms with Crippen LogP contribution in [0, 0.1) is 10.8 Å². The minimum absolute atomic E-state index is 0.0415. The molecule has 132 valence electrons. The summed E-state index contributed by atoms with van der Waals surface area (Å²) in [6, 6.07) is 0. The highest BCUT2D eigenvalue weighted by molar-refractivity contribution is 5.85. The third-order valence-corrected chi connectivity index (χ3v) is 6.15. The van der Waals surface area contributed by atoms with Crippen LogP contribution >= 0.6 is 0 Å². The SMILES string of the molecule is CCc1nnc(CN2CCCC3(CCN(C(=O)C4(C)CC4)C3)C2)o1. The Labute approximate surface area is 143 Å². The van der Waals surface area contributed by atoms with Gasteiger partial charge in [0, 0.05) is 36.9 Å². The highest BCUT2D eigenvalue weighted by Crippen LogP contribution is 2.49. The summed E-state index contributed by atoms with van der Waals surface area (Å²) in [6.07, 6.45) is 6.47. The maximum atomic E-state index is 12.6. The van der Waals surface area contributed by atoms with E-state index < -0.39 is 0 Å². The van der Waals surface area contributed by atoms with Crippen LogP contribution in [0.1, 0.15) is 57.7 Å². The van der Waals surface area contributed by atoms with Crippen molar-refractivity contribution in [2.24, 2.45) is 10.8 Å². The van der Waals surface area contributed by atoms with Crippen LogP contribution in [-0.4, -0.2) is 52.1 Å². The van der Waals surface area contributed by atoms with Crippen LogP contribution in [0.2, 0.25) is 0 Å². The number of aryl methyl sites for hydroxylation is 1. The maximum absolute atomic E-state index is 12.6. The second kappa shape index (κ2) is 5.83. The molecule has 0 N–H and O–H groups in total. The molecule has 1 aromatic rings. The molecule has 1 aliphatic carbocycles. The minimum Gasteiger partial charge on any atom is -0.424 e. The highest BCUT2D eigenvalue weighted by atomic mass is 16.4. The number of hydrogen-bond donors (Lipinski definition) is 0. The molecule has 4 rings (SSSR count). The molecule has 24 heavy (non-hydrogen) atoms. The first-order valence-corrected chi connectivity index (χ1v) is 9.35. The Morgan fingerprint density at radius 3 is 2.62 bits per heavy atom. The van der Waals surface area contributed by atoms with E-state index in [2.05, 4.69) is 26.9 Å². The lowest BCUT2D eigenvalue weighted by Crippen LogP contribution is -2.45. The van der Waals surface area contributed by atoms with Gasteiger partial charge >= 0.3 is 0 Å². The summed E-state index contributed by atoms with van der Waals surface area (Å²) >= 11 is 0. The molecule has 1 atom stereocenters. The largest absolute Gasteiger partial charge is 0.424 e. The van der Waals surface area contributed by atoms with Crippen LogP contribution in [0.5, 0.6) is 0 Å². The second-order valence-corrected chi connectivity index (χ2v) is 8.29. The highest BCUT2D eigenvalue weighted by Gasteiger charge is 2.51. The molecule has 3 heterocycles. The van der Waals surface area contributed by atoms with Crippen molar-refractivity contribution in [1.82, 2.24) is 20.0 Å². The minimum atomic E-state index is -0.0415. The van der Waals surface area contributed by atoms with Crippen molar-refractivity contribution in [3.05, 3.63) is 11.8 Å². The summed E-state index contributed by atoms with van der Waals surface area (Å²) in [5.74, 6) is 1.83. The molecule has 1 aromatic heterocycles. The van der Waals surface area contributed by atoms with E-state index in [-0.39, 0.29) is 10.8 Å². The lowest BCUT2D eigenvalue weighted by atomic mass is 9.79. The monoisotopic (exact) mass is 332 g/mol. The maximum Gasteiger partial charge on any atom is 0.230 e. The summed E-state index contributed by atoms with van der Waals surface area (Å²) in [7, 11) is 0. The summed E-state index contributed by atoms with van der Waals surface area (Å²) in [6.45, 7) is 8.87. The number of likely N-dealkylation sites (tertiary alicyclic amines) is 2. The van der Waals surface area contributed by atoms with Gasteiger partial charge in [-0.2, -0.15) is 0 Å². The van der Waals surface area contributed by atoms with Crippen LogP contribution < -0.4 is 0 Å². The molecule has 2 aliphatic heterocycles. The average molecular weight is 332 g/mol. The Hall–Kier alpha value is -1.43. The first-order chi connectivity index (χ1) is 11.5. The normalized spacial score (nSPS) is 29.3. The number of rotatable bonds is 4. The van der Waals surface area contributed by atoms with Gasteiger partial charge in [-0.3, -0.25) is 9.69 Å². The molecule has 6 heteroatoms. The van der Waals surface area contributed by atoms with Crippen molar-refractivity contribution in [2.75, 3.05) is 26.2 Å². The Kier molecular flexibility index (Phi) is 3.90. The van der Waals surface area contributed by atoms with Crippen molar-refractivity contribution in [2.45, 2.75) is 58.9 Å². The molecule has 1 unspecified atom stereocenters. The Balaban J connectivity index is 1.38. The van der Waals surface area contributed by atoms with Gasteiger partial charge in [-0.25, -0.2) is 0 Å². The van der Waals surface area contributed by atoms with Gasteiger partial charge < -0.3 is 9.32 Å². The molecule has 2 saturated heterocycles. The van der Waals surface area contributed by atoms with Gasteiger partial charge in [0.1, 0.15) is 0 Å². The molecule has 0 radical (unpaired) electrons. The van der Waals surface area contributed by atoms with Gasteiger partial charge in [0.25, 0.3) is 0 Å². The molecule has 3 aliphatic rings. The summed E-state index contributed by atoms with van der Waals surface area (Å²) in [5, 5.41) is 8.22.